The second-order valence-corrected chi connectivity index (χ2v) is 9.10. The van der Waals surface area contributed by atoms with Crippen LogP contribution in [0.2, 0.25) is 0 Å². The van der Waals surface area contributed by atoms with Gasteiger partial charge in [0, 0.05) is 31.7 Å². The number of amides is 1. The van der Waals surface area contributed by atoms with Crippen molar-refractivity contribution in [1.29, 1.82) is 0 Å². The molecule has 1 atom stereocenters. The number of aliphatic carboxylic acids is 1. The summed E-state index contributed by atoms with van der Waals surface area (Å²) in [7, 11) is 0. The third kappa shape index (κ3) is 5.94. The van der Waals surface area contributed by atoms with Crippen LogP contribution in [0.25, 0.3) is 0 Å². The van der Waals surface area contributed by atoms with Gasteiger partial charge in [-0.15, -0.1) is 0 Å². The van der Waals surface area contributed by atoms with Crippen molar-refractivity contribution in [2.75, 3.05) is 18.5 Å². The van der Waals surface area contributed by atoms with Crippen molar-refractivity contribution >= 4 is 17.7 Å². The highest BCUT2D eigenvalue weighted by atomic mass is 16.5. The summed E-state index contributed by atoms with van der Waals surface area (Å²) in [6, 6.07) is 3.51. The van der Waals surface area contributed by atoms with Gasteiger partial charge in [0.25, 0.3) is 0 Å². The van der Waals surface area contributed by atoms with Gasteiger partial charge in [-0.1, -0.05) is 6.07 Å². The van der Waals surface area contributed by atoms with Crippen LogP contribution in [0.5, 0.6) is 0 Å². The molecule has 7 heteroatoms. The molecule has 2 heterocycles. The van der Waals surface area contributed by atoms with E-state index in [1.54, 1.807) is 0 Å². The Bertz CT molecular complexity index is 759. The molecule has 164 valence electrons. The van der Waals surface area contributed by atoms with Gasteiger partial charge in [0.2, 0.25) is 5.91 Å². The Morgan fingerprint density at radius 1 is 1.27 bits per heavy atom. The van der Waals surface area contributed by atoms with Gasteiger partial charge in [-0.3, -0.25) is 4.79 Å². The molecule has 0 spiro atoms. The standard InChI is InChI=1S/C23H33N3O4/c27-21(14-15-3-4-15)26-20(23(28)29)9-11-30-19-12-16(13-19)5-7-18-8-6-17-2-1-10-24-22(17)25-18/h6,8,15-16,19-20H,1-5,7,9-14H2,(H,24,25)(H,26,27)(H,28,29). The lowest BCUT2D eigenvalue weighted by Gasteiger charge is -2.35. The number of aromatic nitrogens is 1. The van der Waals surface area contributed by atoms with Crippen LogP contribution < -0.4 is 10.6 Å². The number of nitrogens with one attached hydrogen (secondary N) is 2. The molecule has 1 unspecified atom stereocenters. The molecule has 2 aliphatic carbocycles. The summed E-state index contributed by atoms with van der Waals surface area (Å²) in [6.45, 7) is 1.38. The largest absolute Gasteiger partial charge is 0.480 e. The van der Waals surface area contributed by atoms with Crippen LogP contribution in [0.15, 0.2) is 12.1 Å². The average molecular weight is 416 g/mol. The second-order valence-electron chi connectivity index (χ2n) is 9.10. The van der Waals surface area contributed by atoms with E-state index >= 15 is 0 Å². The summed E-state index contributed by atoms with van der Waals surface area (Å²) in [6.07, 6.45) is 9.58. The number of carbonyl (C=O) groups is 2. The minimum Gasteiger partial charge on any atom is -0.480 e. The summed E-state index contributed by atoms with van der Waals surface area (Å²) in [5, 5.41) is 15.3. The first-order valence-corrected chi connectivity index (χ1v) is 11.4. The van der Waals surface area contributed by atoms with Gasteiger partial charge >= 0.3 is 5.97 Å². The van der Waals surface area contributed by atoms with Crippen LogP contribution in [0, 0.1) is 11.8 Å². The number of carbonyl (C=O) groups excluding carboxylic acids is 1. The van der Waals surface area contributed by atoms with Crippen LogP contribution in [-0.4, -0.2) is 47.3 Å². The number of pyridine rings is 1. The molecule has 2 saturated carbocycles. The zero-order valence-corrected chi connectivity index (χ0v) is 17.6. The van der Waals surface area contributed by atoms with E-state index in [0.717, 1.165) is 63.0 Å². The molecular formula is C23H33N3O4. The number of hydrogen-bond donors (Lipinski definition) is 3. The molecule has 1 aliphatic heterocycles. The second kappa shape index (κ2) is 9.77. The van der Waals surface area contributed by atoms with E-state index in [4.69, 9.17) is 9.72 Å². The fourth-order valence-corrected chi connectivity index (χ4v) is 4.35. The lowest BCUT2D eigenvalue weighted by Crippen LogP contribution is -2.42. The van der Waals surface area contributed by atoms with E-state index < -0.39 is 12.0 Å². The number of nitrogens with zero attached hydrogens (tertiary/aromatic N) is 1. The van der Waals surface area contributed by atoms with Crippen molar-refractivity contribution in [2.24, 2.45) is 11.8 Å². The van der Waals surface area contributed by atoms with Gasteiger partial charge in [0.1, 0.15) is 11.9 Å². The van der Waals surface area contributed by atoms with Crippen LogP contribution in [0.4, 0.5) is 5.82 Å². The van der Waals surface area contributed by atoms with Crippen molar-refractivity contribution in [2.45, 2.75) is 76.4 Å². The van der Waals surface area contributed by atoms with Crippen LogP contribution >= 0.6 is 0 Å². The molecule has 1 amide bonds. The molecule has 3 N–H and O–H groups in total. The number of aryl methyl sites for hydroxylation is 2. The Morgan fingerprint density at radius 3 is 2.87 bits per heavy atom. The summed E-state index contributed by atoms with van der Waals surface area (Å²) in [5.74, 6) is 1.02. The molecule has 1 aromatic rings. The van der Waals surface area contributed by atoms with E-state index in [2.05, 4.69) is 22.8 Å². The third-order valence-electron chi connectivity index (χ3n) is 6.52. The lowest BCUT2D eigenvalue weighted by molar-refractivity contribution is -0.142. The molecule has 2 fully saturated rings. The monoisotopic (exact) mass is 415 g/mol. The summed E-state index contributed by atoms with van der Waals surface area (Å²) in [5.41, 5.74) is 2.48. The SMILES string of the molecule is O=C(CC1CC1)NC(CCOC1CC(CCc2ccc3c(n2)NCCC3)C1)C(=O)O. The van der Waals surface area contributed by atoms with E-state index in [1.165, 1.54) is 12.0 Å². The maximum atomic E-state index is 11.9. The highest BCUT2D eigenvalue weighted by molar-refractivity contribution is 5.83. The number of carboxylic acids is 1. The number of rotatable bonds is 11. The predicted molar refractivity (Wildman–Crippen MR) is 113 cm³/mol. The smallest absolute Gasteiger partial charge is 0.326 e. The topological polar surface area (TPSA) is 101 Å². The quantitative estimate of drug-likeness (QED) is 0.514. The maximum Gasteiger partial charge on any atom is 0.326 e. The number of fused-ring (bicyclic) bond motifs is 1. The van der Waals surface area contributed by atoms with Crippen LogP contribution in [-0.2, 0) is 27.2 Å². The normalized spacial score (nSPS) is 23.6. The molecule has 30 heavy (non-hydrogen) atoms. The van der Waals surface area contributed by atoms with Gasteiger partial charge < -0.3 is 20.5 Å². The Hall–Kier alpha value is -2.15. The molecule has 0 aromatic carbocycles. The molecule has 3 aliphatic rings. The molecule has 7 nitrogen and oxygen atoms in total. The summed E-state index contributed by atoms with van der Waals surface area (Å²) < 4.78 is 5.85. The van der Waals surface area contributed by atoms with Crippen molar-refractivity contribution in [3.8, 4) is 0 Å². The van der Waals surface area contributed by atoms with Crippen molar-refractivity contribution in [3.63, 3.8) is 0 Å². The average Bonchev–Trinajstić information content (AvgIpc) is 3.51. The molecule has 1 aromatic heterocycles. The molecule has 0 bridgehead atoms. The predicted octanol–water partition coefficient (Wildman–Crippen LogP) is 2.93. The minimum absolute atomic E-state index is 0.153. The number of carboxylic acid groups (broad SMARTS) is 1. The molecule has 0 radical (unpaired) electrons. The fraction of sp³-hybridized carbons (Fsp3) is 0.696. The minimum atomic E-state index is -0.985. The maximum absolute atomic E-state index is 11.9. The van der Waals surface area contributed by atoms with Crippen LogP contribution in [0.1, 0.15) is 62.6 Å². The summed E-state index contributed by atoms with van der Waals surface area (Å²) in [4.78, 5) is 28.0. The Morgan fingerprint density at radius 2 is 2.10 bits per heavy atom. The van der Waals surface area contributed by atoms with Crippen molar-refractivity contribution in [1.82, 2.24) is 10.3 Å². The number of anilines is 1. The first-order chi connectivity index (χ1) is 14.6. The Labute approximate surface area is 178 Å². The first kappa shape index (κ1) is 21.1. The first-order valence-electron chi connectivity index (χ1n) is 11.4. The lowest BCUT2D eigenvalue weighted by atomic mass is 9.79. The zero-order chi connectivity index (χ0) is 20.9. The van der Waals surface area contributed by atoms with Gasteiger partial charge in [-0.2, -0.15) is 0 Å². The Kier molecular flexibility index (Phi) is 6.87. The molecular weight excluding hydrogens is 382 g/mol. The van der Waals surface area contributed by atoms with Crippen molar-refractivity contribution in [3.05, 3.63) is 23.4 Å². The Balaban J connectivity index is 1.10. The number of hydrogen-bond acceptors (Lipinski definition) is 5. The zero-order valence-electron chi connectivity index (χ0n) is 17.6. The summed E-state index contributed by atoms with van der Waals surface area (Å²) >= 11 is 0. The molecule has 4 rings (SSSR count). The molecule has 0 saturated heterocycles. The van der Waals surface area contributed by atoms with Crippen LogP contribution in [0.3, 0.4) is 0 Å². The van der Waals surface area contributed by atoms with E-state index in [-0.39, 0.29) is 12.0 Å². The van der Waals surface area contributed by atoms with Crippen molar-refractivity contribution < 1.29 is 19.4 Å². The van der Waals surface area contributed by atoms with Gasteiger partial charge in [0.15, 0.2) is 0 Å². The third-order valence-corrected chi connectivity index (χ3v) is 6.52. The van der Waals surface area contributed by atoms with Gasteiger partial charge in [0.05, 0.1) is 6.10 Å². The van der Waals surface area contributed by atoms with E-state index in [9.17, 15) is 14.7 Å². The van der Waals surface area contributed by atoms with Gasteiger partial charge in [-0.05, 0) is 74.8 Å². The highest BCUT2D eigenvalue weighted by Crippen LogP contribution is 2.34. The van der Waals surface area contributed by atoms with E-state index in [1.807, 2.05) is 0 Å². The van der Waals surface area contributed by atoms with Gasteiger partial charge in [-0.25, -0.2) is 9.78 Å². The fourth-order valence-electron chi connectivity index (χ4n) is 4.35. The van der Waals surface area contributed by atoms with E-state index in [0.29, 0.717) is 31.3 Å². The highest BCUT2D eigenvalue weighted by Gasteiger charge is 2.31. The number of ether oxygens (including phenoxy) is 1.